The summed E-state index contributed by atoms with van der Waals surface area (Å²) in [6.45, 7) is 5.58. The van der Waals surface area contributed by atoms with E-state index in [0.717, 1.165) is 11.3 Å². The third kappa shape index (κ3) is 5.86. The average molecular weight is 419 g/mol. The van der Waals surface area contributed by atoms with Crippen molar-refractivity contribution in [2.75, 3.05) is 6.54 Å². The lowest BCUT2D eigenvalue weighted by Crippen LogP contribution is -2.34. The van der Waals surface area contributed by atoms with Gasteiger partial charge in [0.2, 0.25) is 10.0 Å². The summed E-state index contributed by atoms with van der Waals surface area (Å²) in [6, 6.07) is 1.33. The fourth-order valence-corrected chi connectivity index (χ4v) is 5.25. The van der Waals surface area contributed by atoms with E-state index < -0.39 is 21.9 Å². The number of hydrogen-bond acceptors (Lipinski definition) is 4. The van der Waals surface area contributed by atoms with Crippen LogP contribution in [0.4, 0.5) is 0 Å². The lowest BCUT2D eigenvalue weighted by molar-refractivity contribution is -0.142. The summed E-state index contributed by atoms with van der Waals surface area (Å²) in [7, 11) is -3.76. The molecule has 2 N–H and O–H groups in total. The first kappa shape index (κ1) is 18.9. The number of hydrogen-bond donors (Lipinski definition) is 2. The van der Waals surface area contributed by atoms with Crippen LogP contribution in [0.1, 0.15) is 27.2 Å². The van der Waals surface area contributed by atoms with Gasteiger partial charge in [0.1, 0.15) is 4.21 Å². The normalized spacial score (nSPS) is 14.1. The average Bonchev–Trinajstić information content (AvgIpc) is 2.64. The predicted octanol–water partition coefficient (Wildman–Crippen LogP) is 3.58. The van der Waals surface area contributed by atoms with Gasteiger partial charge in [-0.2, -0.15) is 0 Å². The smallest absolute Gasteiger partial charge is 0.307 e. The molecule has 0 aliphatic carbocycles. The molecule has 1 heterocycles. The van der Waals surface area contributed by atoms with E-state index in [1.165, 1.54) is 6.07 Å². The second-order valence-electron chi connectivity index (χ2n) is 5.84. The second kappa shape index (κ2) is 6.95. The quantitative estimate of drug-likeness (QED) is 0.739. The van der Waals surface area contributed by atoms with Crippen LogP contribution in [-0.2, 0) is 14.8 Å². The van der Waals surface area contributed by atoms with Gasteiger partial charge in [-0.25, -0.2) is 13.1 Å². The second-order valence-corrected chi connectivity index (χ2v) is 10.6. The first-order chi connectivity index (χ1) is 9.42. The highest BCUT2D eigenvalue weighted by molar-refractivity contribution is 9.11. The minimum absolute atomic E-state index is 0.0549. The van der Waals surface area contributed by atoms with Crippen LogP contribution in [0.5, 0.6) is 0 Å². The molecule has 21 heavy (non-hydrogen) atoms. The molecule has 0 fully saturated rings. The molecule has 0 aliphatic rings. The van der Waals surface area contributed by atoms with Crippen molar-refractivity contribution in [3.8, 4) is 0 Å². The number of carbonyl (C=O) groups is 1. The van der Waals surface area contributed by atoms with E-state index in [-0.39, 0.29) is 16.2 Å². The molecule has 0 spiro atoms. The Balaban J connectivity index is 2.81. The van der Waals surface area contributed by atoms with Gasteiger partial charge in [0.15, 0.2) is 0 Å². The number of carboxylic acid groups (broad SMARTS) is 1. The highest BCUT2D eigenvalue weighted by atomic mass is 79.9. The van der Waals surface area contributed by atoms with Crippen LogP contribution in [0.2, 0.25) is 5.02 Å². The van der Waals surface area contributed by atoms with Gasteiger partial charge in [-0.05, 0) is 33.8 Å². The molecule has 1 rings (SSSR count). The molecule has 1 aromatic rings. The maximum atomic E-state index is 12.1. The SMILES string of the molecule is CC(C)(C)CC(CNS(=O)(=O)c1cc(Cl)c(Br)s1)C(=O)O. The Morgan fingerprint density at radius 3 is 2.48 bits per heavy atom. The third-order valence-electron chi connectivity index (χ3n) is 2.62. The van der Waals surface area contributed by atoms with Crippen molar-refractivity contribution in [2.24, 2.45) is 11.3 Å². The standard InChI is InChI=1S/C12H17BrClNO4S2/c1-12(2,3)5-7(11(16)17)6-15-21(18,19)9-4-8(14)10(13)20-9/h4,7,15H,5-6H2,1-3H3,(H,16,17). The summed E-state index contributed by atoms with van der Waals surface area (Å²) >= 11 is 9.95. The Morgan fingerprint density at radius 2 is 2.10 bits per heavy atom. The number of carboxylic acids is 1. The fourth-order valence-electron chi connectivity index (χ4n) is 1.73. The Hall–Kier alpha value is -0.150. The lowest BCUT2D eigenvalue weighted by Gasteiger charge is -2.23. The molecule has 120 valence electrons. The highest BCUT2D eigenvalue weighted by Gasteiger charge is 2.27. The molecule has 1 atom stereocenters. The number of nitrogens with one attached hydrogen (secondary N) is 1. The summed E-state index contributed by atoms with van der Waals surface area (Å²) in [4.78, 5) is 11.2. The molecule has 1 aromatic heterocycles. The van der Waals surface area contributed by atoms with Gasteiger partial charge in [-0.15, -0.1) is 11.3 Å². The molecule has 1 unspecified atom stereocenters. The number of halogens is 2. The van der Waals surface area contributed by atoms with Crippen molar-refractivity contribution in [3.05, 3.63) is 14.9 Å². The van der Waals surface area contributed by atoms with Crippen LogP contribution < -0.4 is 4.72 Å². The Kier molecular flexibility index (Phi) is 6.26. The van der Waals surface area contributed by atoms with E-state index in [0.29, 0.717) is 15.2 Å². The summed E-state index contributed by atoms with van der Waals surface area (Å²) in [5.41, 5.74) is -0.205. The van der Waals surface area contributed by atoms with E-state index in [9.17, 15) is 18.3 Å². The van der Waals surface area contributed by atoms with E-state index in [4.69, 9.17) is 11.6 Å². The zero-order valence-electron chi connectivity index (χ0n) is 11.8. The van der Waals surface area contributed by atoms with Crippen LogP contribution in [0.25, 0.3) is 0 Å². The van der Waals surface area contributed by atoms with Gasteiger partial charge in [0.25, 0.3) is 0 Å². The molecule has 0 amide bonds. The van der Waals surface area contributed by atoms with Crippen molar-refractivity contribution >= 4 is 54.9 Å². The Bertz CT molecular complexity index is 602. The topological polar surface area (TPSA) is 83.5 Å². The Labute approximate surface area is 141 Å². The van der Waals surface area contributed by atoms with Gasteiger partial charge in [0, 0.05) is 6.54 Å². The van der Waals surface area contributed by atoms with Crippen LogP contribution in [-0.4, -0.2) is 26.0 Å². The number of rotatable bonds is 6. The van der Waals surface area contributed by atoms with E-state index >= 15 is 0 Å². The Morgan fingerprint density at radius 1 is 1.52 bits per heavy atom. The number of sulfonamides is 1. The summed E-state index contributed by atoms with van der Waals surface area (Å²) in [5, 5.41) is 9.50. The van der Waals surface area contributed by atoms with E-state index in [1.54, 1.807) is 0 Å². The largest absolute Gasteiger partial charge is 0.481 e. The van der Waals surface area contributed by atoms with Crippen LogP contribution in [0.15, 0.2) is 14.1 Å². The molecule has 0 bridgehead atoms. The van der Waals surface area contributed by atoms with Crippen molar-refractivity contribution < 1.29 is 18.3 Å². The molecular formula is C12H17BrClNO4S2. The molecule has 0 aromatic carbocycles. The molecule has 0 aliphatic heterocycles. The maximum Gasteiger partial charge on any atom is 0.307 e. The molecule has 0 saturated carbocycles. The van der Waals surface area contributed by atoms with Crippen molar-refractivity contribution in [3.63, 3.8) is 0 Å². The van der Waals surface area contributed by atoms with Crippen molar-refractivity contribution in [2.45, 2.75) is 31.4 Å². The lowest BCUT2D eigenvalue weighted by atomic mass is 9.85. The monoisotopic (exact) mass is 417 g/mol. The zero-order chi connectivity index (χ0) is 16.4. The van der Waals surface area contributed by atoms with Gasteiger partial charge >= 0.3 is 5.97 Å². The molecule has 0 radical (unpaired) electrons. The number of thiophene rings is 1. The minimum Gasteiger partial charge on any atom is -0.481 e. The summed E-state index contributed by atoms with van der Waals surface area (Å²) in [5.74, 6) is -1.79. The molecule has 0 saturated heterocycles. The first-order valence-corrected chi connectivity index (χ1v) is 9.57. The third-order valence-corrected chi connectivity index (χ3v) is 6.99. The maximum absolute atomic E-state index is 12.1. The van der Waals surface area contributed by atoms with Crippen molar-refractivity contribution in [1.82, 2.24) is 4.72 Å². The summed E-state index contributed by atoms with van der Waals surface area (Å²) < 4.78 is 27.2. The molecule has 9 heteroatoms. The van der Waals surface area contributed by atoms with Crippen molar-refractivity contribution in [1.29, 1.82) is 0 Å². The highest BCUT2D eigenvalue weighted by Crippen LogP contribution is 2.34. The van der Waals surface area contributed by atoms with Gasteiger partial charge in [0.05, 0.1) is 14.7 Å². The van der Waals surface area contributed by atoms with Crippen LogP contribution >= 0.6 is 38.9 Å². The molecular weight excluding hydrogens is 402 g/mol. The zero-order valence-corrected chi connectivity index (χ0v) is 15.8. The molecule has 5 nitrogen and oxygen atoms in total. The van der Waals surface area contributed by atoms with Gasteiger partial charge < -0.3 is 5.11 Å². The van der Waals surface area contributed by atoms with Crippen LogP contribution in [0, 0.1) is 11.3 Å². The summed E-state index contributed by atoms with van der Waals surface area (Å²) in [6.07, 6.45) is 0.375. The fraction of sp³-hybridized carbons (Fsp3) is 0.583. The number of aliphatic carboxylic acids is 1. The predicted molar refractivity (Wildman–Crippen MR) is 87.4 cm³/mol. The minimum atomic E-state index is -3.76. The van der Waals surface area contributed by atoms with Crippen LogP contribution in [0.3, 0.4) is 0 Å². The van der Waals surface area contributed by atoms with Gasteiger partial charge in [-0.3, -0.25) is 4.79 Å². The first-order valence-electron chi connectivity index (χ1n) is 6.10. The van der Waals surface area contributed by atoms with E-state index in [2.05, 4.69) is 20.7 Å². The van der Waals surface area contributed by atoms with Gasteiger partial charge in [-0.1, -0.05) is 32.4 Å². The van der Waals surface area contributed by atoms with E-state index in [1.807, 2.05) is 20.8 Å².